The summed E-state index contributed by atoms with van der Waals surface area (Å²) in [5.74, 6) is -0.0499. The number of aliphatic hydroxyl groups excluding tert-OH is 2. The topological polar surface area (TPSA) is 95.9 Å². The summed E-state index contributed by atoms with van der Waals surface area (Å²) in [5.41, 5.74) is 0. The molecule has 0 aliphatic rings. The van der Waals surface area contributed by atoms with E-state index in [1.54, 1.807) is 0 Å². The molecule has 0 bridgehead atoms. The van der Waals surface area contributed by atoms with Gasteiger partial charge in [0.15, 0.2) is 0 Å². The first kappa shape index (κ1) is 54.9. The van der Waals surface area contributed by atoms with Crippen molar-refractivity contribution in [2.24, 2.45) is 0 Å². The van der Waals surface area contributed by atoms with Crippen LogP contribution in [0.5, 0.6) is 0 Å². The average Bonchev–Trinajstić information content (AvgIpc) is 3.20. The summed E-state index contributed by atoms with van der Waals surface area (Å²) < 4.78 is 5.46. The third-order valence-corrected chi connectivity index (χ3v) is 11.9. The van der Waals surface area contributed by atoms with Crippen molar-refractivity contribution in [1.82, 2.24) is 5.32 Å². The first-order chi connectivity index (χ1) is 27.5. The number of nitrogens with one attached hydrogen (secondary N) is 1. The molecule has 0 fully saturated rings. The predicted molar refractivity (Wildman–Crippen MR) is 241 cm³/mol. The third kappa shape index (κ3) is 42.5. The monoisotopic (exact) mass is 794 g/mol. The number of unbranched alkanes of at least 4 members (excludes halogenated alkanes) is 36. The zero-order valence-electron chi connectivity index (χ0n) is 37.9. The van der Waals surface area contributed by atoms with Gasteiger partial charge in [0, 0.05) is 12.8 Å². The summed E-state index contributed by atoms with van der Waals surface area (Å²) in [6.07, 6.45) is 50.6. The van der Waals surface area contributed by atoms with E-state index >= 15 is 0 Å². The lowest BCUT2D eigenvalue weighted by Gasteiger charge is -2.22. The summed E-state index contributed by atoms with van der Waals surface area (Å²) in [7, 11) is 0. The van der Waals surface area contributed by atoms with Crippen LogP contribution in [0.15, 0.2) is 0 Å². The molecule has 56 heavy (non-hydrogen) atoms. The number of amides is 1. The second-order valence-electron chi connectivity index (χ2n) is 17.5. The van der Waals surface area contributed by atoms with Crippen molar-refractivity contribution in [2.75, 3.05) is 13.2 Å². The lowest BCUT2D eigenvalue weighted by atomic mass is 10.0. The second-order valence-corrected chi connectivity index (χ2v) is 17.5. The molecule has 6 nitrogen and oxygen atoms in total. The van der Waals surface area contributed by atoms with Crippen LogP contribution in [0.3, 0.4) is 0 Å². The molecule has 6 heteroatoms. The zero-order chi connectivity index (χ0) is 40.8. The summed E-state index contributed by atoms with van der Waals surface area (Å²) >= 11 is 0. The lowest BCUT2D eigenvalue weighted by Crippen LogP contribution is -2.45. The minimum Gasteiger partial charge on any atom is -0.466 e. The van der Waals surface area contributed by atoms with E-state index < -0.39 is 12.1 Å². The summed E-state index contributed by atoms with van der Waals surface area (Å²) in [4.78, 5) is 24.4. The largest absolute Gasteiger partial charge is 0.466 e. The Bertz CT molecular complexity index is 791. The van der Waals surface area contributed by atoms with Gasteiger partial charge in [0.1, 0.15) is 0 Å². The molecule has 0 aromatic heterocycles. The van der Waals surface area contributed by atoms with Crippen LogP contribution >= 0.6 is 0 Å². The molecular formula is C50H99NO5. The number of hydrogen-bond donors (Lipinski definition) is 3. The summed E-state index contributed by atoms with van der Waals surface area (Å²) in [6.45, 7) is 4.93. The van der Waals surface area contributed by atoms with Crippen LogP contribution < -0.4 is 5.32 Å². The van der Waals surface area contributed by atoms with Crippen LogP contribution in [0.25, 0.3) is 0 Å². The van der Waals surface area contributed by atoms with Gasteiger partial charge < -0.3 is 20.3 Å². The highest BCUT2D eigenvalue weighted by Gasteiger charge is 2.20. The molecule has 1 amide bonds. The highest BCUT2D eigenvalue weighted by Crippen LogP contribution is 2.17. The fourth-order valence-corrected chi connectivity index (χ4v) is 7.99. The van der Waals surface area contributed by atoms with Gasteiger partial charge in [-0.05, 0) is 25.7 Å². The van der Waals surface area contributed by atoms with Crippen molar-refractivity contribution in [2.45, 2.75) is 296 Å². The minimum absolute atomic E-state index is 0.00283. The minimum atomic E-state index is -0.670. The highest BCUT2D eigenvalue weighted by molar-refractivity contribution is 5.76. The van der Waals surface area contributed by atoms with Gasteiger partial charge in [-0.3, -0.25) is 9.59 Å². The molecular weight excluding hydrogens is 695 g/mol. The standard InChI is InChI=1S/C50H99NO5/c1-3-5-7-9-11-13-15-17-20-24-28-32-36-40-44-50(55)56-45-41-37-33-29-25-21-18-19-23-27-31-35-39-43-49(54)51-47(46-52)48(53)42-38-34-30-26-22-16-14-12-10-8-6-4-2/h47-48,52-53H,3-46H2,1-2H3,(H,51,54). The Hall–Kier alpha value is -1.14. The van der Waals surface area contributed by atoms with E-state index in [2.05, 4.69) is 19.2 Å². The van der Waals surface area contributed by atoms with Crippen molar-refractivity contribution in [3.8, 4) is 0 Å². The van der Waals surface area contributed by atoms with Gasteiger partial charge in [-0.1, -0.05) is 245 Å². The molecule has 0 rings (SSSR count). The predicted octanol–water partition coefficient (Wildman–Crippen LogP) is 14.8. The van der Waals surface area contributed by atoms with E-state index in [-0.39, 0.29) is 18.5 Å². The average molecular weight is 794 g/mol. The Morgan fingerprint density at radius 2 is 0.732 bits per heavy atom. The Morgan fingerprint density at radius 1 is 0.429 bits per heavy atom. The normalized spacial score (nSPS) is 12.6. The number of aliphatic hydroxyl groups is 2. The fourth-order valence-electron chi connectivity index (χ4n) is 7.99. The molecule has 0 aliphatic carbocycles. The fraction of sp³-hybridized carbons (Fsp3) is 0.960. The maximum absolute atomic E-state index is 12.4. The van der Waals surface area contributed by atoms with Gasteiger partial charge in [0.05, 0.1) is 25.4 Å². The van der Waals surface area contributed by atoms with Gasteiger partial charge >= 0.3 is 5.97 Å². The molecule has 2 atom stereocenters. The third-order valence-electron chi connectivity index (χ3n) is 11.9. The SMILES string of the molecule is CCCCCCCCCCCCCCCCC(=O)OCCCCCCCCCCCCCCCC(=O)NC(CO)C(O)CCCCCCCCCCCCCC. The quantitative estimate of drug-likeness (QED) is 0.0421. The number of esters is 1. The van der Waals surface area contributed by atoms with Crippen LogP contribution in [0, 0.1) is 0 Å². The molecule has 0 saturated carbocycles. The van der Waals surface area contributed by atoms with Gasteiger partial charge in [-0.15, -0.1) is 0 Å². The van der Waals surface area contributed by atoms with Crippen LogP contribution in [0.2, 0.25) is 0 Å². The maximum Gasteiger partial charge on any atom is 0.305 e. The number of ether oxygens (including phenoxy) is 1. The first-order valence-electron chi connectivity index (χ1n) is 25.3. The van der Waals surface area contributed by atoms with Crippen LogP contribution in [0.1, 0.15) is 284 Å². The van der Waals surface area contributed by atoms with Crippen molar-refractivity contribution < 1.29 is 24.5 Å². The van der Waals surface area contributed by atoms with Crippen LogP contribution in [-0.2, 0) is 14.3 Å². The number of hydrogen-bond acceptors (Lipinski definition) is 5. The molecule has 0 radical (unpaired) electrons. The molecule has 0 aliphatic heterocycles. The molecule has 0 aromatic rings. The molecule has 0 spiro atoms. The smallest absolute Gasteiger partial charge is 0.305 e. The van der Waals surface area contributed by atoms with Crippen molar-refractivity contribution in [1.29, 1.82) is 0 Å². The molecule has 0 saturated heterocycles. The van der Waals surface area contributed by atoms with E-state index in [0.717, 1.165) is 51.4 Å². The Kier molecular flexibility index (Phi) is 45.6. The van der Waals surface area contributed by atoms with Gasteiger partial charge in [-0.2, -0.15) is 0 Å². The lowest BCUT2D eigenvalue weighted by molar-refractivity contribution is -0.143. The Morgan fingerprint density at radius 3 is 1.09 bits per heavy atom. The number of carbonyl (C=O) groups is 2. The maximum atomic E-state index is 12.4. The molecule has 3 N–H and O–H groups in total. The van der Waals surface area contributed by atoms with Crippen molar-refractivity contribution >= 4 is 11.9 Å². The van der Waals surface area contributed by atoms with Crippen molar-refractivity contribution in [3.63, 3.8) is 0 Å². The van der Waals surface area contributed by atoms with Crippen LogP contribution in [0.4, 0.5) is 0 Å². The first-order valence-corrected chi connectivity index (χ1v) is 25.3. The van der Waals surface area contributed by atoms with Gasteiger partial charge in [0.25, 0.3) is 0 Å². The second kappa shape index (κ2) is 46.5. The number of carbonyl (C=O) groups excluding carboxylic acids is 2. The van der Waals surface area contributed by atoms with E-state index in [4.69, 9.17) is 4.74 Å². The van der Waals surface area contributed by atoms with E-state index in [0.29, 0.717) is 25.9 Å². The zero-order valence-corrected chi connectivity index (χ0v) is 37.9. The van der Waals surface area contributed by atoms with Crippen LogP contribution in [-0.4, -0.2) is 47.4 Å². The molecule has 2 unspecified atom stereocenters. The molecule has 0 aromatic carbocycles. The molecule has 334 valence electrons. The number of rotatable bonds is 47. The van der Waals surface area contributed by atoms with E-state index in [1.807, 2.05) is 0 Å². The Balaban J connectivity index is 3.42. The van der Waals surface area contributed by atoms with Gasteiger partial charge in [0.2, 0.25) is 5.91 Å². The van der Waals surface area contributed by atoms with Crippen molar-refractivity contribution in [3.05, 3.63) is 0 Å². The van der Waals surface area contributed by atoms with E-state index in [9.17, 15) is 19.8 Å². The molecule has 0 heterocycles. The summed E-state index contributed by atoms with van der Waals surface area (Å²) in [5, 5.41) is 23.1. The highest BCUT2D eigenvalue weighted by atomic mass is 16.5. The van der Waals surface area contributed by atoms with Gasteiger partial charge in [-0.25, -0.2) is 0 Å². The summed E-state index contributed by atoms with van der Waals surface area (Å²) in [6, 6.07) is -0.548. The Labute approximate surface area is 349 Å². The van der Waals surface area contributed by atoms with E-state index in [1.165, 1.54) is 199 Å².